The van der Waals surface area contributed by atoms with Gasteiger partial charge in [0.05, 0.1) is 5.60 Å². The highest BCUT2D eigenvalue weighted by Gasteiger charge is 2.21. The lowest BCUT2D eigenvalue weighted by molar-refractivity contribution is 0.0922. The smallest absolute Gasteiger partial charge is 0.0802 e. The zero-order chi connectivity index (χ0) is 9.03. The van der Waals surface area contributed by atoms with Gasteiger partial charge in [0.25, 0.3) is 0 Å². The van der Waals surface area contributed by atoms with Crippen LogP contribution in [0.1, 0.15) is 39.0 Å². The standard InChI is InChI=1S/C10H18O2/c1-10(12)6-2-4-9(8-10)5-3-7-11/h8,11-12H,2-7H2,1H3. The van der Waals surface area contributed by atoms with Gasteiger partial charge in [-0.05, 0) is 39.0 Å². The Morgan fingerprint density at radius 1 is 1.58 bits per heavy atom. The number of hydrogen-bond donors (Lipinski definition) is 2. The molecule has 2 N–H and O–H groups in total. The van der Waals surface area contributed by atoms with Crippen molar-refractivity contribution in [2.24, 2.45) is 0 Å². The zero-order valence-electron chi connectivity index (χ0n) is 7.71. The maximum absolute atomic E-state index is 9.71. The Kier molecular flexibility index (Phi) is 3.29. The summed E-state index contributed by atoms with van der Waals surface area (Å²) in [6, 6.07) is 0. The Balaban J connectivity index is 2.47. The van der Waals surface area contributed by atoms with Gasteiger partial charge in [-0.3, -0.25) is 0 Å². The lowest BCUT2D eigenvalue weighted by atomic mass is 9.86. The minimum atomic E-state index is -0.594. The Morgan fingerprint density at radius 2 is 2.33 bits per heavy atom. The maximum atomic E-state index is 9.71. The highest BCUT2D eigenvalue weighted by molar-refractivity contribution is 5.13. The molecule has 1 atom stereocenters. The van der Waals surface area contributed by atoms with Crippen LogP contribution in [0.15, 0.2) is 11.6 Å². The molecule has 70 valence electrons. The van der Waals surface area contributed by atoms with Crippen LogP contribution in [0.4, 0.5) is 0 Å². The van der Waals surface area contributed by atoms with Crippen molar-refractivity contribution in [3.05, 3.63) is 11.6 Å². The van der Waals surface area contributed by atoms with E-state index in [0.29, 0.717) is 0 Å². The van der Waals surface area contributed by atoms with Crippen LogP contribution in [-0.2, 0) is 0 Å². The molecule has 0 saturated carbocycles. The van der Waals surface area contributed by atoms with Gasteiger partial charge in [-0.15, -0.1) is 0 Å². The van der Waals surface area contributed by atoms with E-state index in [9.17, 15) is 5.11 Å². The van der Waals surface area contributed by atoms with Crippen LogP contribution in [0, 0.1) is 0 Å². The molecule has 0 aromatic heterocycles. The number of hydrogen-bond acceptors (Lipinski definition) is 2. The summed E-state index contributed by atoms with van der Waals surface area (Å²) in [6.07, 6.45) is 6.76. The van der Waals surface area contributed by atoms with Gasteiger partial charge in [-0.1, -0.05) is 11.6 Å². The van der Waals surface area contributed by atoms with E-state index in [1.165, 1.54) is 5.57 Å². The van der Waals surface area contributed by atoms with Crippen molar-refractivity contribution in [3.8, 4) is 0 Å². The van der Waals surface area contributed by atoms with Crippen LogP contribution in [0.3, 0.4) is 0 Å². The van der Waals surface area contributed by atoms with Gasteiger partial charge in [-0.25, -0.2) is 0 Å². The molecule has 1 unspecified atom stereocenters. The predicted octanol–water partition coefficient (Wildman–Crippen LogP) is 1.62. The molecule has 2 heteroatoms. The van der Waals surface area contributed by atoms with Gasteiger partial charge < -0.3 is 10.2 Å². The van der Waals surface area contributed by atoms with E-state index >= 15 is 0 Å². The van der Waals surface area contributed by atoms with Gasteiger partial charge >= 0.3 is 0 Å². The predicted molar refractivity (Wildman–Crippen MR) is 48.9 cm³/mol. The molecule has 12 heavy (non-hydrogen) atoms. The van der Waals surface area contributed by atoms with Crippen LogP contribution in [0.5, 0.6) is 0 Å². The van der Waals surface area contributed by atoms with Crippen LogP contribution >= 0.6 is 0 Å². The van der Waals surface area contributed by atoms with Gasteiger partial charge in [0, 0.05) is 6.61 Å². The first-order chi connectivity index (χ1) is 5.64. The quantitative estimate of drug-likeness (QED) is 0.632. The third kappa shape index (κ3) is 2.95. The molecule has 0 fully saturated rings. The Morgan fingerprint density at radius 3 is 2.92 bits per heavy atom. The highest BCUT2D eigenvalue weighted by atomic mass is 16.3. The van der Waals surface area contributed by atoms with E-state index in [1.807, 2.05) is 13.0 Å². The molecule has 0 aromatic rings. The SMILES string of the molecule is CC1(O)C=C(CCCO)CCC1. The van der Waals surface area contributed by atoms with Gasteiger partial charge in [0.2, 0.25) is 0 Å². The average Bonchev–Trinajstić information content (AvgIpc) is 1.99. The molecule has 0 bridgehead atoms. The summed E-state index contributed by atoms with van der Waals surface area (Å²) in [5.41, 5.74) is 0.712. The molecular formula is C10H18O2. The summed E-state index contributed by atoms with van der Waals surface area (Å²) in [4.78, 5) is 0. The van der Waals surface area contributed by atoms with E-state index in [4.69, 9.17) is 5.11 Å². The lowest BCUT2D eigenvalue weighted by Gasteiger charge is -2.26. The normalized spacial score (nSPS) is 30.1. The molecule has 0 spiro atoms. The van der Waals surface area contributed by atoms with Crippen molar-refractivity contribution >= 4 is 0 Å². The molecule has 0 heterocycles. The van der Waals surface area contributed by atoms with Crippen molar-refractivity contribution < 1.29 is 10.2 Å². The summed E-state index contributed by atoms with van der Waals surface area (Å²) >= 11 is 0. The molecule has 0 aromatic carbocycles. The second kappa shape index (κ2) is 4.06. The first-order valence-corrected chi connectivity index (χ1v) is 4.68. The third-order valence-electron chi connectivity index (χ3n) is 2.35. The van der Waals surface area contributed by atoms with Gasteiger partial charge in [0.15, 0.2) is 0 Å². The Bertz CT molecular complexity index is 171. The first kappa shape index (κ1) is 9.75. The minimum Gasteiger partial charge on any atom is -0.396 e. The fourth-order valence-corrected chi connectivity index (χ4v) is 1.76. The summed E-state index contributed by atoms with van der Waals surface area (Å²) in [5, 5.41) is 18.3. The Labute approximate surface area is 73.9 Å². The molecule has 1 rings (SSSR count). The van der Waals surface area contributed by atoms with E-state index in [0.717, 1.165) is 32.1 Å². The van der Waals surface area contributed by atoms with Crippen molar-refractivity contribution in [2.75, 3.05) is 6.61 Å². The monoisotopic (exact) mass is 170 g/mol. The largest absolute Gasteiger partial charge is 0.396 e. The molecule has 0 aliphatic heterocycles. The van der Waals surface area contributed by atoms with Crippen LogP contribution in [0.25, 0.3) is 0 Å². The number of aliphatic hydroxyl groups excluding tert-OH is 1. The van der Waals surface area contributed by atoms with Crippen LogP contribution in [-0.4, -0.2) is 22.4 Å². The second-order valence-corrected chi connectivity index (χ2v) is 3.84. The fraction of sp³-hybridized carbons (Fsp3) is 0.800. The van der Waals surface area contributed by atoms with Crippen molar-refractivity contribution in [1.29, 1.82) is 0 Å². The molecule has 0 saturated heterocycles. The Hall–Kier alpha value is -0.340. The first-order valence-electron chi connectivity index (χ1n) is 4.68. The van der Waals surface area contributed by atoms with Crippen molar-refractivity contribution in [2.45, 2.75) is 44.6 Å². The van der Waals surface area contributed by atoms with Crippen molar-refractivity contribution in [1.82, 2.24) is 0 Å². The highest BCUT2D eigenvalue weighted by Crippen LogP contribution is 2.28. The third-order valence-corrected chi connectivity index (χ3v) is 2.35. The van der Waals surface area contributed by atoms with E-state index < -0.39 is 5.60 Å². The summed E-state index contributed by atoms with van der Waals surface area (Å²) < 4.78 is 0. The van der Waals surface area contributed by atoms with Crippen LogP contribution < -0.4 is 0 Å². The van der Waals surface area contributed by atoms with Crippen LogP contribution in [0.2, 0.25) is 0 Å². The van der Waals surface area contributed by atoms with Crippen molar-refractivity contribution in [3.63, 3.8) is 0 Å². The molecule has 0 amide bonds. The van der Waals surface area contributed by atoms with E-state index in [1.54, 1.807) is 0 Å². The average molecular weight is 170 g/mol. The minimum absolute atomic E-state index is 0.249. The molecule has 1 aliphatic rings. The number of aliphatic hydroxyl groups is 2. The number of rotatable bonds is 3. The summed E-state index contributed by atoms with van der Waals surface area (Å²) in [5.74, 6) is 0. The fourth-order valence-electron chi connectivity index (χ4n) is 1.76. The van der Waals surface area contributed by atoms with Gasteiger partial charge in [-0.2, -0.15) is 0 Å². The van der Waals surface area contributed by atoms with E-state index in [2.05, 4.69) is 0 Å². The molecule has 1 aliphatic carbocycles. The lowest BCUT2D eigenvalue weighted by Crippen LogP contribution is -2.24. The molecule has 0 radical (unpaired) electrons. The van der Waals surface area contributed by atoms with E-state index in [-0.39, 0.29) is 6.61 Å². The number of allylic oxidation sites excluding steroid dienone is 1. The summed E-state index contributed by atoms with van der Waals surface area (Å²) in [6.45, 7) is 2.10. The molecule has 2 nitrogen and oxygen atoms in total. The molecular weight excluding hydrogens is 152 g/mol. The topological polar surface area (TPSA) is 40.5 Å². The second-order valence-electron chi connectivity index (χ2n) is 3.84. The zero-order valence-corrected chi connectivity index (χ0v) is 7.71. The summed E-state index contributed by atoms with van der Waals surface area (Å²) in [7, 11) is 0. The van der Waals surface area contributed by atoms with Gasteiger partial charge in [0.1, 0.15) is 0 Å². The maximum Gasteiger partial charge on any atom is 0.0802 e.